The van der Waals surface area contributed by atoms with Gasteiger partial charge in [0.05, 0.1) is 13.0 Å². The van der Waals surface area contributed by atoms with E-state index < -0.39 is 0 Å². The maximum atomic E-state index is 12.9. The summed E-state index contributed by atoms with van der Waals surface area (Å²) in [6.07, 6.45) is 10.2. The van der Waals surface area contributed by atoms with Crippen LogP contribution in [0.15, 0.2) is 72.9 Å². The predicted molar refractivity (Wildman–Crippen MR) is 182 cm³/mol. The molecule has 3 N–H and O–H groups in total. The number of amides is 3. The first-order valence-corrected chi connectivity index (χ1v) is 17.1. The highest BCUT2D eigenvalue weighted by Gasteiger charge is 2.60. The van der Waals surface area contributed by atoms with Crippen molar-refractivity contribution in [3.63, 3.8) is 0 Å². The normalized spacial score (nSPS) is 25.6. The van der Waals surface area contributed by atoms with E-state index in [2.05, 4.69) is 34.8 Å². The Kier molecular flexibility index (Phi) is 9.67. The zero-order valence-electron chi connectivity index (χ0n) is 27.8. The van der Waals surface area contributed by atoms with Gasteiger partial charge in [0.25, 0.3) is 0 Å². The van der Waals surface area contributed by atoms with E-state index in [1.54, 1.807) is 6.20 Å². The maximum absolute atomic E-state index is 12.9. The summed E-state index contributed by atoms with van der Waals surface area (Å²) in [5.74, 6) is 1.33. The van der Waals surface area contributed by atoms with Crippen molar-refractivity contribution in [3.05, 3.63) is 84.2 Å². The van der Waals surface area contributed by atoms with E-state index in [-0.39, 0.29) is 42.5 Å². The molecule has 4 fully saturated rings. The Balaban J connectivity index is 0.852. The molecule has 4 bridgehead atoms. The number of hydrogen-bond donors (Lipinski definition) is 3. The van der Waals surface area contributed by atoms with Crippen LogP contribution in [-0.4, -0.2) is 41.4 Å². The zero-order chi connectivity index (χ0) is 32.9. The molecule has 2 unspecified atom stereocenters. The monoisotopic (exact) mass is 636 g/mol. The fourth-order valence-corrected chi connectivity index (χ4v) is 9.22. The van der Waals surface area contributed by atoms with Gasteiger partial charge in [0.1, 0.15) is 5.75 Å². The van der Waals surface area contributed by atoms with Crippen molar-refractivity contribution < 1.29 is 19.1 Å². The molecule has 4 aliphatic carbocycles. The number of carbonyl (C=O) groups is 3. The van der Waals surface area contributed by atoms with Gasteiger partial charge in [-0.1, -0.05) is 62.4 Å². The van der Waals surface area contributed by atoms with Crippen molar-refractivity contribution in [3.8, 4) is 16.9 Å². The smallest absolute Gasteiger partial charge is 0.226 e. The first-order chi connectivity index (χ1) is 22.6. The first kappa shape index (κ1) is 32.7. The summed E-state index contributed by atoms with van der Waals surface area (Å²) >= 11 is 0. The third kappa shape index (κ3) is 8.59. The van der Waals surface area contributed by atoms with Crippen LogP contribution in [0, 0.1) is 16.7 Å². The van der Waals surface area contributed by atoms with Gasteiger partial charge in [0, 0.05) is 48.9 Å². The number of carbonyl (C=O) groups excluding carboxylic acids is 3. The van der Waals surface area contributed by atoms with Crippen LogP contribution in [0.1, 0.15) is 82.9 Å². The molecular weight excluding hydrogens is 588 g/mol. The minimum atomic E-state index is -0.0959. The molecule has 4 saturated carbocycles. The highest BCUT2D eigenvalue weighted by molar-refractivity contribution is 5.84. The van der Waals surface area contributed by atoms with Crippen molar-refractivity contribution in [2.75, 3.05) is 13.2 Å². The van der Waals surface area contributed by atoms with E-state index in [1.807, 2.05) is 66.7 Å². The molecule has 1 heterocycles. The lowest BCUT2D eigenvalue weighted by molar-refractivity contribution is -0.140. The van der Waals surface area contributed by atoms with Gasteiger partial charge in [-0.3, -0.25) is 19.4 Å². The molecule has 47 heavy (non-hydrogen) atoms. The maximum Gasteiger partial charge on any atom is 0.226 e. The molecule has 3 aromatic rings. The van der Waals surface area contributed by atoms with Crippen molar-refractivity contribution in [2.45, 2.75) is 90.1 Å². The van der Waals surface area contributed by atoms with E-state index in [0.29, 0.717) is 36.9 Å². The number of aromatic nitrogens is 1. The Bertz CT molecular complexity index is 1540. The minimum Gasteiger partial charge on any atom is -0.494 e. The van der Waals surface area contributed by atoms with Crippen LogP contribution in [0.4, 0.5) is 0 Å². The number of pyridine rings is 1. The quantitative estimate of drug-likeness (QED) is 0.184. The Morgan fingerprint density at radius 2 is 1.49 bits per heavy atom. The van der Waals surface area contributed by atoms with E-state index in [9.17, 15) is 14.4 Å². The molecule has 7 rings (SSSR count). The van der Waals surface area contributed by atoms with E-state index in [0.717, 1.165) is 53.3 Å². The van der Waals surface area contributed by atoms with Gasteiger partial charge in [0.2, 0.25) is 17.7 Å². The van der Waals surface area contributed by atoms with Crippen molar-refractivity contribution in [1.29, 1.82) is 0 Å². The van der Waals surface area contributed by atoms with Crippen LogP contribution in [0.2, 0.25) is 0 Å². The van der Waals surface area contributed by atoms with Crippen LogP contribution in [0.25, 0.3) is 11.1 Å². The van der Waals surface area contributed by atoms with Gasteiger partial charge >= 0.3 is 0 Å². The second kappa shape index (κ2) is 13.9. The highest BCUT2D eigenvalue weighted by Crippen LogP contribution is 2.66. The standard InChI is InChI=1S/C39H48N4O4/c1-37-20-29-21-38(2,25-37)27-39(22-29,26-37)43-35(45)16-15-34(44)40-17-6-18-47-33-13-10-30(11-14-33)31-9-12-32(41-24-31)19-36(46)42-23-28-7-4-3-5-8-28/h3-5,7-14,24,29H,6,15-23,25-27H2,1-2H3,(H,40,44)(H,42,46)(H,43,45). The molecule has 0 radical (unpaired) electrons. The van der Waals surface area contributed by atoms with Crippen LogP contribution in [0.3, 0.4) is 0 Å². The molecule has 0 aliphatic heterocycles. The Morgan fingerprint density at radius 1 is 0.787 bits per heavy atom. The van der Waals surface area contributed by atoms with Gasteiger partial charge in [0.15, 0.2) is 0 Å². The fraction of sp³-hybridized carbons (Fsp3) is 0.487. The van der Waals surface area contributed by atoms with Crippen molar-refractivity contribution in [2.24, 2.45) is 16.7 Å². The molecule has 2 aromatic carbocycles. The minimum absolute atomic E-state index is 0.00902. The van der Waals surface area contributed by atoms with Crippen LogP contribution in [0.5, 0.6) is 5.75 Å². The summed E-state index contributed by atoms with van der Waals surface area (Å²) in [7, 11) is 0. The molecule has 248 valence electrons. The number of ether oxygens (including phenoxy) is 1. The lowest BCUT2D eigenvalue weighted by atomic mass is 9.43. The molecule has 3 amide bonds. The third-order valence-corrected chi connectivity index (χ3v) is 10.2. The molecule has 1 aromatic heterocycles. The average molecular weight is 637 g/mol. The fourth-order valence-electron chi connectivity index (χ4n) is 9.22. The van der Waals surface area contributed by atoms with Crippen LogP contribution < -0.4 is 20.7 Å². The molecular formula is C39H48N4O4. The summed E-state index contributed by atoms with van der Waals surface area (Å²) in [5.41, 5.74) is 4.36. The van der Waals surface area contributed by atoms with E-state index >= 15 is 0 Å². The van der Waals surface area contributed by atoms with Crippen molar-refractivity contribution in [1.82, 2.24) is 20.9 Å². The number of nitrogens with one attached hydrogen (secondary N) is 3. The number of hydrogen-bond acceptors (Lipinski definition) is 5. The van der Waals surface area contributed by atoms with Gasteiger partial charge in [-0.15, -0.1) is 0 Å². The number of rotatable bonds is 14. The molecule has 8 nitrogen and oxygen atoms in total. The predicted octanol–water partition coefficient (Wildman–Crippen LogP) is 6.14. The average Bonchev–Trinajstić information content (AvgIpc) is 3.02. The molecule has 0 saturated heterocycles. The van der Waals surface area contributed by atoms with Crippen molar-refractivity contribution >= 4 is 17.7 Å². The van der Waals surface area contributed by atoms with Crippen LogP contribution >= 0.6 is 0 Å². The molecule has 2 atom stereocenters. The summed E-state index contributed by atoms with van der Waals surface area (Å²) in [5, 5.41) is 9.26. The van der Waals surface area contributed by atoms with E-state index in [1.165, 1.54) is 19.3 Å². The summed E-state index contributed by atoms with van der Waals surface area (Å²) in [6, 6.07) is 21.5. The summed E-state index contributed by atoms with van der Waals surface area (Å²) in [6.45, 7) is 6.29. The first-order valence-electron chi connectivity index (χ1n) is 17.1. The number of nitrogens with zero attached hydrogens (tertiary/aromatic N) is 1. The lowest BCUT2D eigenvalue weighted by Crippen LogP contribution is -2.65. The second-order valence-electron chi connectivity index (χ2n) is 15.0. The summed E-state index contributed by atoms with van der Waals surface area (Å²) < 4.78 is 5.87. The van der Waals surface area contributed by atoms with E-state index in [4.69, 9.17) is 4.74 Å². The lowest BCUT2D eigenvalue weighted by Gasteiger charge is -2.65. The molecule has 0 spiro atoms. The van der Waals surface area contributed by atoms with Gasteiger partial charge < -0.3 is 20.7 Å². The highest BCUT2D eigenvalue weighted by atomic mass is 16.5. The Morgan fingerprint density at radius 3 is 2.17 bits per heavy atom. The van der Waals surface area contributed by atoms with Gasteiger partial charge in [-0.25, -0.2) is 0 Å². The third-order valence-electron chi connectivity index (χ3n) is 10.2. The topological polar surface area (TPSA) is 109 Å². The SMILES string of the molecule is CC12CC3CC(C)(C1)CC(NC(=O)CCC(=O)NCCCOc1ccc(-c4ccc(CC(=O)NCc5ccccc5)nc4)cc1)(C3)C2. The molecule has 8 heteroatoms. The van der Waals surface area contributed by atoms with Gasteiger partial charge in [-0.2, -0.15) is 0 Å². The second-order valence-corrected chi connectivity index (χ2v) is 15.0. The Labute approximate surface area is 278 Å². The molecule has 4 aliphatic rings. The largest absolute Gasteiger partial charge is 0.494 e. The van der Waals surface area contributed by atoms with Gasteiger partial charge in [-0.05, 0) is 91.0 Å². The van der Waals surface area contributed by atoms with Crippen LogP contribution in [-0.2, 0) is 27.3 Å². The Hall–Kier alpha value is -4.20. The summed E-state index contributed by atoms with van der Waals surface area (Å²) in [4.78, 5) is 42.1. The zero-order valence-corrected chi connectivity index (χ0v) is 27.8. The number of benzene rings is 2.